The molecule has 0 spiro atoms. The Morgan fingerprint density at radius 1 is 1.26 bits per heavy atom. The van der Waals surface area contributed by atoms with Crippen LogP contribution in [0.2, 0.25) is 0 Å². The van der Waals surface area contributed by atoms with Gasteiger partial charge in [-0.3, -0.25) is 4.90 Å². The van der Waals surface area contributed by atoms with E-state index < -0.39 is 0 Å². The van der Waals surface area contributed by atoms with E-state index in [2.05, 4.69) is 45.6 Å². The van der Waals surface area contributed by atoms with E-state index in [1.165, 1.54) is 5.56 Å². The standard InChI is InChI=1S/C14H20N4S/c1-3-6-15-14-5-4-12(7-16-14)8-18(2)9-13-10-19-11-17-13/h4-5,7,10-11H,3,6,8-9H2,1-2H3,(H,15,16). The Labute approximate surface area is 118 Å². The van der Waals surface area contributed by atoms with Crippen LogP contribution in [0, 0.1) is 0 Å². The van der Waals surface area contributed by atoms with Crippen LogP contribution in [0.5, 0.6) is 0 Å². The quantitative estimate of drug-likeness (QED) is 0.844. The van der Waals surface area contributed by atoms with Gasteiger partial charge in [-0.05, 0) is 25.1 Å². The first kappa shape index (κ1) is 14.0. The fourth-order valence-corrected chi connectivity index (χ4v) is 2.38. The van der Waals surface area contributed by atoms with Crippen molar-refractivity contribution in [2.24, 2.45) is 0 Å². The molecule has 19 heavy (non-hydrogen) atoms. The fourth-order valence-electron chi connectivity index (χ4n) is 1.84. The van der Waals surface area contributed by atoms with Crippen molar-refractivity contribution in [3.63, 3.8) is 0 Å². The fraction of sp³-hybridized carbons (Fsp3) is 0.429. The SMILES string of the molecule is CCCNc1ccc(CN(C)Cc2cscn2)cn1. The summed E-state index contributed by atoms with van der Waals surface area (Å²) < 4.78 is 0. The monoisotopic (exact) mass is 276 g/mol. The van der Waals surface area contributed by atoms with E-state index in [4.69, 9.17) is 0 Å². The second-order valence-electron chi connectivity index (χ2n) is 4.63. The van der Waals surface area contributed by atoms with Crippen LogP contribution in [0.3, 0.4) is 0 Å². The van der Waals surface area contributed by atoms with Crippen molar-refractivity contribution in [1.82, 2.24) is 14.9 Å². The summed E-state index contributed by atoms with van der Waals surface area (Å²) in [6, 6.07) is 4.17. The number of anilines is 1. The Hall–Kier alpha value is -1.46. The zero-order valence-electron chi connectivity index (χ0n) is 11.5. The first-order valence-corrected chi connectivity index (χ1v) is 7.46. The average molecular weight is 276 g/mol. The van der Waals surface area contributed by atoms with E-state index in [1.54, 1.807) is 11.3 Å². The van der Waals surface area contributed by atoms with Crippen molar-refractivity contribution in [3.05, 3.63) is 40.5 Å². The molecule has 0 aromatic carbocycles. The van der Waals surface area contributed by atoms with E-state index in [9.17, 15) is 0 Å². The maximum absolute atomic E-state index is 4.41. The minimum atomic E-state index is 0.874. The molecule has 0 radical (unpaired) electrons. The molecule has 2 rings (SSSR count). The van der Waals surface area contributed by atoms with Crippen LogP contribution in [-0.2, 0) is 13.1 Å². The van der Waals surface area contributed by atoms with Crippen LogP contribution in [-0.4, -0.2) is 28.5 Å². The van der Waals surface area contributed by atoms with Gasteiger partial charge in [0.25, 0.3) is 0 Å². The number of thiazole rings is 1. The second-order valence-corrected chi connectivity index (χ2v) is 5.35. The number of aromatic nitrogens is 2. The van der Waals surface area contributed by atoms with Crippen LogP contribution in [0.4, 0.5) is 5.82 Å². The molecule has 0 fully saturated rings. The summed E-state index contributed by atoms with van der Waals surface area (Å²) in [4.78, 5) is 11.0. The molecule has 4 nitrogen and oxygen atoms in total. The highest BCUT2D eigenvalue weighted by Gasteiger charge is 2.03. The molecule has 2 heterocycles. The largest absolute Gasteiger partial charge is 0.370 e. The Kier molecular flexibility index (Phi) is 5.30. The zero-order valence-corrected chi connectivity index (χ0v) is 12.3. The van der Waals surface area contributed by atoms with Gasteiger partial charge in [-0.15, -0.1) is 11.3 Å². The topological polar surface area (TPSA) is 41.0 Å². The predicted octanol–water partition coefficient (Wildman–Crippen LogP) is 2.99. The summed E-state index contributed by atoms with van der Waals surface area (Å²) in [5.74, 6) is 0.952. The molecule has 0 aliphatic carbocycles. The Morgan fingerprint density at radius 3 is 2.79 bits per heavy atom. The lowest BCUT2D eigenvalue weighted by atomic mass is 10.2. The van der Waals surface area contributed by atoms with Gasteiger partial charge >= 0.3 is 0 Å². The number of nitrogens with one attached hydrogen (secondary N) is 1. The summed E-state index contributed by atoms with van der Waals surface area (Å²) in [5, 5.41) is 5.37. The number of hydrogen-bond acceptors (Lipinski definition) is 5. The molecule has 2 aromatic heterocycles. The smallest absolute Gasteiger partial charge is 0.125 e. The molecule has 0 unspecified atom stereocenters. The van der Waals surface area contributed by atoms with Crippen molar-refractivity contribution >= 4 is 17.2 Å². The number of hydrogen-bond donors (Lipinski definition) is 1. The summed E-state index contributed by atoms with van der Waals surface area (Å²) in [7, 11) is 2.10. The third-order valence-electron chi connectivity index (χ3n) is 2.75. The van der Waals surface area contributed by atoms with Gasteiger partial charge < -0.3 is 5.32 Å². The molecular formula is C14H20N4S. The van der Waals surface area contributed by atoms with Crippen LogP contribution in [0.15, 0.2) is 29.2 Å². The maximum Gasteiger partial charge on any atom is 0.125 e. The molecule has 0 aliphatic heterocycles. The number of pyridine rings is 1. The minimum Gasteiger partial charge on any atom is -0.370 e. The number of rotatable bonds is 7. The van der Waals surface area contributed by atoms with Crippen molar-refractivity contribution < 1.29 is 0 Å². The van der Waals surface area contributed by atoms with Crippen molar-refractivity contribution in [1.29, 1.82) is 0 Å². The molecule has 5 heteroatoms. The normalized spacial score (nSPS) is 10.9. The molecule has 0 saturated carbocycles. The van der Waals surface area contributed by atoms with E-state index >= 15 is 0 Å². The molecule has 0 amide bonds. The van der Waals surface area contributed by atoms with E-state index in [1.807, 2.05) is 17.8 Å². The van der Waals surface area contributed by atoms with Gasteiger partial charge in [0, 0.05) is 31.2 Å². The van der Waals surface area contributed by atoms with Crippen molar-refractivity contribution in [2.75, 3.05) is 18.9 Å². The lowest BCUT2D eigenvalue weighted by Crippen LogP contribution is -2.17. The third-order valence-corrected chi connectivity index (χ3v) is 3.38. The van der Waals surface area contributed by atoms with Crippen LogP contribution in [0.25, 0.3) is 0 Å². The van der Waals surface area contributed by atoms with E-state index in [-0.39, 0.29) is 0 Å². The molecule has 0 atom stereocenters. The Morgan fingerprint density at radius 2 is 2.16 bits per heavy atom. The third kappa shape index (κ3) is 4.61. The van der Waals surface area contributed by atoms with Crippen LogP contribution < -0.4 is 5.32 Å². The van der Waals surface area contributed by atoms with E-state index in [0.29, 0.717) is 0 Å². The first-order valence-electron chi connectivity index (χ1n) is 6.52. The van der Waals surface area contributed by atoms with Gasteiger partial charge in [-0.1, -0.05) is 13.0 Å². The Bertz CT molecular complexity index is 467. The molecule has 102 valence electrons. The predicted molar refractivity (Wildman–Crippen MR) is 80.3 cm³/mol. The maximum atomic E-state index is 4.41. The van der Waals surface area contributed by atoms with Crippen LogP contribution >= 0.6 is 11.3 Å². The van der Waals surface area contributed by atoms with Gasteiger partial charge in [0.15, 0.2) is 0 Å². The minimum absolute atomic E-state index is 0.874. The lowest BCUT2D eigenvalue weighted by molar-refractivity contribution is 0.315. The summed E-state index contributed by atoms with van der Waals surface area (Å²) in [6.07, 6.45) is 3.05. The second kappa shape index (κ2) is 7.21. The molecule has 0 bridgehead atoms. The lowest BCUT2D eigenvalue weighted by Gasteiger charge is -2.15. The van der Waals surface area contributed by atoms with Gasteiger partial charge in [-0.2, -0.15) is 0 Å². The Balaban J connectivity index is 1.84. The van der Waals surface area contributed by atoms with Gasteiger partial charge in [0.2, 0.25) is 0 Å². The summed E-state index contributed by atoms with van der Waals surface area (Å²) in [6.45, 7) is 4.88. The van der Waals surface area contributed by atoms with Gasteiger partial charge in [0.1, 0.15) is 5.82 Å². The highest BCUT2D eigenvalue weighted by Crippen LogP contribution is 2.10. The molecule has 0 aliphatic rings. The summed E-state index contributed by atoms with van der Waals surface area (Å²) >= 11 is 1.64. The summed E-state index contributed by atoms with van der Waals surface area (Å²) in [5.41, 5.74) is 4.22. The van der Waals surface area contributed by atoms with Gasteiger partial charge in [-0.25, -0.2) is 9.97 Å². The highest BCUT2D eigenvalue weighted by atomic mass is 32.1. The van der Waals surface area contributed by atoms with Gasteiger partial charge in [0.05, 0.1) is 11.2 Å². The van der Waals surface area contributed by atoms with E-state index in [0.717, 1.165) is 37.6 Å². The van der Waals surface area contributed by atoms with Crippen LogP contribution in [0.1, 0.15) is 24.6 Å². The molecule has 2 aromatic rings. The first-order chi connectivity index (χ1) is 9.28. The zero-order chi connectivity index (χ0) is 13.5. The highest BCUT2D eigenvalue weighted by molar-refractivity contribution is 7.07. The molecule has 1 N–H and O–H groups in total. The average Bonchev–Trinajstić information content (AvgIpc) is 2.90. The molecule has 0 saturated heterocycles. The van der Waals surface area contributed by atoms with Crippen molar-refractivity contribution in [2.45, 2.75) is 26.4 Å². The molecular weight excluding hydrogens is 256 g/mol. The van der Waals surface area contributed by atoms with Crippen molar-refractivity contribution in [3.8, 4) is 0 Å². The number of nitrogens with zero attached hydrogens (tertiary/aromatic N) is 3.